The largest absolute Gasteiger partial charge is 0.376 e. The molecule has 21 heavy (non-hydrogen) atoms. The Balaban J connectivity index is 1.86. The Morgan fingerprint density at radius 1 is 1.10 bits per heavy atom. The summed E-state index contributed by atoms with van der Waals surface area (Å²) in [6, 6.07) is 12.6. The zero-order valence-electron chi connectivity index (χ0n) is 11.3. The second-order valence-electron chi connectivity index (χ2n) is 5.32. The van der Waals surface area contributed by atoms with Gasteiger partial charge in [0, 0.05) is 0 Å². The number of halogens is 2. The Labute approximate surface area is 122 Å². The maximum absolute atomic E-state index is 14.0. The molecule has 1 N–H and O–H groups in total. The van der Waals surface area contributed by atoms with Gasteiger partial charge in [0.2, 0.25) is 0 Å². The predicted octanol–water partition coefficient (Wildman–Crippen LogP) is 4.40. The highest BCUT2D eigenvalue weighted by molar-refractivity contribution is 5.50. The molecule has 0 saturated heterocycles. The molecule has 0 spiro atoms. The van der Waals surface area contributed by atoms with Crippen LogP contribution < -0.4 is 5.32 Å². The minimum Gasteiger partial charge on any atom is -0.376 e. The summed E-state index contributed by atoms with van der Waals surface area (Å²) in [6.45, 7) is 0. The summed E-state index contributed by atoms with van der Waals surface area (Å²) in [5.74, 6) is -0.287. The smallest absolute Gasteiger partial charge is 0.147 e. The number of rotatable bonds is 4. The van der Waals surface area contributed by atoms with E-state index in [4.69, 9.17) is 5.26 Å². The predicted molar refractivity (Wildman–Crippen MR) is 76.6 cm³/mol. The van der Waals surface area contributed by atoms with Crippen LogP contribution in [0.25, 0.3) is 0 Å². The first-order valence-electron chi connectivity index (χ1n) is 6.89. The van der Waals surface area contributed by atoms with E-state index in [1.54, 1.807) is 24.3 Å². The molecule has 1 atom stereocenters. The summed E-state index contributed by atoms with van der Waals surface area (Å²) >= 11 is 0. The van der Waals surface area contributed by atoms with E-state index in [-0.39, 0.29) is 11.9 Å². The van der Waals surface area contributed by atoms with Crippen LogP contribution in [-0.4, -0.2) is 0 Å². The number of benzene rings is 2. The number of nitriles is 1. The van der Waals surface area contributed by atoms with Gasteiger partial charge in [-0.1, -0.05) is 12.1 Å². The van der Waals surface area contributed by atoms with Crippen LogP contribution >= 0.6 is 0 Å². The first-order valence-corrected chi connectivity index (χ1v) is 6.89. The molecule has 106 valence electrons. The lowest BCUT2D eigenvalue weighted by Crippen LogP contribution is -2.14. The second-order valence-corrected chi connectivity index (χ2v) is 5.32. The number of hydrogen-bond acceptors (Lipinski definition) is 2. The molecule has 0 aromatic heterocycles. The number of nitrogens with zero attached hydrogens (tertiary/aromatic N) is 1. The van der Waals surface area contributed by atoms with Crippen LogP contribution in [-0.2, 0) is 0 Å². The minimum atomic E-state index is -0.443. The number of hydrogen-bond donors (Lipinski definition) is 1. The maximum atomic E-state index is 14.0. The monoisotopic (exact) mass is 284 g/mol. The van der Waals surface area contributed by atoms with Gasteiger partial charge in [0.15, 0.2) is 0 Å². The topological polar surface area (TPSA) is 35.8 Å². The van der Waals surface area contributed by atoms with E-state index in [0.717, 1.165) is 18.4 Å². The molecular formula is C17H14F2N2. The molecule has 2 aromatic rings. The summed E-state index contributed by atoms with van der Waals surface area (Å²) < 4.78 is 27.0. The summed E-state index contributed by atoms with van der Waals surface area (Å²) in [5.41, 5.74) is 1.61. The van der Waals surface area contributed by atoms with E-state index < -0.39 is 5.82 Å². The molecule has 0 radical (unpaired) electrons. The lowest BCUT2D eigenvalue weighted by atomic mass is 10.0. The van der Waals surface area contributed by atoms with E-state index in [1.807, 2.05) is 6.07 Å². The van der Waals surface area contributed by atoms with Crippen LogP contribution in [0.1, 0.15) is 30.0 Å². The molecular weight excluding hydrogens is 270 g/mol. The highest BCUT2D eigenvalue weighted by atomic mass is 19.1. The van der Waals surface area contributed by atoms with Crippen molar-refractivity contribution in [3.05, 3.63) is 65.2 Å². The van der Waals surface area contributed by atoms with E-state index in [0.29, 0.717) is 17.2 Å². The molecule has 1 fully saturated rings. The van der Waals surface area contributed by atoms with Crippen molar-refractivity contribution in [1.82, 2.24) is 0 Å². The highest BCUT2D eigenvalue weighted by Gasteiger charge is 2.32. The number of nitrogens with one attached hydrogen (secondary N) is 1. The maximum Gasteiger partial charge on any atom is 0.147 e. The van der Waals surface area contributed by atoms with Crippen molar-refractivity contribution in [2.45, 2.75) is 18.9 Å². The SMILES string of the molecule is N#Cc1ccc(NC(c2ccc(F)cc2)C2CC2)c(F)c1. The summed E-state index contributed by atoms with van der Waals surface area (Å²) in [6.07, 6.45) is 2.15. The fourth-order valence-corrected chi connectivity index (χ4v) is 2.44. The van der Waals surface area contributed by atoms with Gasteiger partial charge >= 0.3 is 0 Å². The molecule has 3 rings (SSSR count). The van der Waals surface area contributed by atoms with Gasteiger partial charge in [-0.3, -0.25) is 0 Å². The van der Waals surface area contributed by atoms with Gasteiger partial charge in [-0.25, -0.2) is 8.78 Å². The van der Waals surface area contributed by atoms with E-state index in [9.17, 15) is 8.78 Å². The lowest BCUT2D eigenvalue weighted by Gasteiger charge is -2.20. The fraction of sp³-hybridized carbons (Fsp3) is 0.235. The summed E-state index contributed by atoms with van der Waals surface area (Å²) in [4.78, 5) is 0. The molecule has 1 aliphatic carbocycles. The Hall–Kier alpha value is -2.41. The molecule has 0 bridgehead atoms. The third-order valence-electron chi connectivity index (χ3n) is 3.73. The van der Waals surface area contributed by atoms with E-state index in [2.05, 4.69) is 5.32 Å². The fourth-order valence-electron chi connectivity index (χ4n) is 2.44. The van der Waals surface area contributed by atoms with Crippen LogP contribution in [0.5, 0.6) is 0 Å². The molecule has 1 aliphatic rings. The quantitative estimate of drug-likeness (QED) is 0.903. The van der Waals surface area contributed by atoms with Gasteiger partial charge in [0.05, 0.1) is 23.4 Å². The molecule has 0 amide bonds. The summed E-state index contributed by atoms with van der Waals surface area (Å²) in [7, 11) is 0. The van der Waals surface area contributed by atoms with E-state index in [1.165, 1.54) is 18.2 Å². The van der Waals surface area contributed by atoms with Crippen LogP contribution in [0.15, 0.2) is 42.5 Å². The molecule has 1 unspecified atom stereocenters. The molecule has 2 nitrogen and oxygen atoms in total. The first-order chi connectivity index (χ1) is 10.2. The van der Waals surface area contributed by atoms with Gasteiger partial charge in [-0.05, 0) is 54.7 Å². The highest BCUT2D eigenvalue weighted by Crippen LogP contribution is 2.43. The van der Waals surface area contributed by atoms with Crippen molar-refractivity contribution < 1.29 is 8.78 Å². The average Bonchev–Trinajstić information content (AvgIpc) is 3.32. The first kappa shape index (κ1) is 13.6. The van der Waals surface area contributed by atoms with Crippen LogP contribution in [0.2, 0.25) is 0 Å². The molecule has 4 heteroatoms. The van der Waals surface area contributed by atoms with Gasteiger partial charge in [-0.2, -0.15) is 5.26 Å². The third kappa shape index (κ3) is 3.03. The molecule has 0 heterocycles. The van der Waals surface area contributed by atoms with Gasteiger partial charge < -0.3 is 5.32 Å². The minimum absolute atomic E-state index is 0.0342. The average molecular weight is 284 g/mol. The summed E-state index contributed by atoms with van der Waals surface area (Å²) in [5, 5.41) is 12.0. The Bertz CT molecular complexity index is 685. The van der Waals surface area contributed by atoms with Crippen LogP contribution in [0, 0.1) is 28.9 Å². The Morgan fingerprint density at radius 2 is 1.81 bits per heavy atom. The molecule has 1 saturated carbocycles. The second kappa shape index (κ2) is 5.53. The molecule has 0 aliphatic heterocycles. The standard InChI is InChI=1S/C17H14F2N2/c18-14-6-4-13(5-7-14)17(12-2-3-12)21-16-8-1-11(10-20)9-15(16)19/h1,4-9,12,17,21H,2-3H2. The van der Waals surface area contributed by atoms with Gasteiger partial charge in [0.25, 0.3) is 0 Å². The van der Waals surface area contributed by atoms with Gasteiger partial charge in [-0.15, -0.1) is 0 Å². The van der Waals surface area contributed by atoms with E-state index >= 15 is 0 Å². The Kier molecular flexibility index (Phi) is 3.57. The van der Waals surface area contributed by atoms with Crippen LogP contribution in [0.3, 0.4) is 0 Å². The van der Waals surface area contributed by atoms with Crippen molar-refractivity contribution in [3.63, 3.8) is 0 Å². The van der Waals surface area contributed by atoms with Crippen LogP contribution in [0.4, 0.5) is 14.5 Å². The van der Waals surface area contributed by atoms with Gasteiger partial charge in [0.1, 0.15) is 11.6 Å². The van der Waals surface area contributed by atoms with Crippen molar-refractivity contribution in [2.75, 3.05) is 5.32 Å². The normalized spacial score (nSPS) is 15.3. The molecule has 2 aromatic carbocycles. The van der Waals surface area contributed by atoms with Crippen molar-refractivity contribution in [3.8, 4) is 6.07 Å². The van der Waals surface area contributed by atoms with Crippen molar-refractivity contribution >= 4 is 5.69 Å². The third-order valence-corrected chi connectivity index (χ3v) is 3.73. The zero-order valence-corrected chi connectivity index (χ0v) is 11.3. The van der Waals surface area contributed by atoms with Crippen molar-refractivity contribution in [1.29, 1.82) is 5.26 Å². The zero-order chi connectivity index (χ0) is 14.8. The number of anilines is 1. The lowest BCUT2D eigenvalue weighted by molar-refractivity contribution is 0.611. The van der Waals surface area contributed by atoms with Crippen molar-refractivity contribution in [2.24, 2.45) is 5.92 Å². The Morgan fingerprint density at radius 3 is 2.38 bits per heavy atom.